The number of aryl methyl sites for hydroxylation is 2. The molecule has 130 valence electrons. The quantitative estimate of drug-likeness (QED) is 0.867. The molecule has 0 unspecified atom stereocenters. The molecule has 8 heteroatoms. The number of carbonyl (C=O) groups excluding carboxylic acids is 1. The summed E-state index contributed by atoms with van der Waals surface area (Å²) in [5.74, 6) is 0.581. The van der Waals surface area contributed by atoms with Gasteiger partial charge in [0.25, 0.3) is 10.0 Å². The molecule has 0 radical (unpaired) electrons. The van der Waals surface area contributed by atoms with Gasteiger partial charge in [0, 0.05) is 38.3 Å². The fourth-order valence-corrected chi connectivity index (χ4v) is 4.10. The monoisotopic (exact) mass is 342 g/mol. The normalized spacial score (nSPS) is 18.8. The van der Waals surface area contributed by atoms with Crippen molar-refractivity contribution in [1.82, 2.24) is 19.2 Å². The number of nitrogens with one attached hydrogen (secondary N) is 1. The number of amides is 1. The number of nitrogens with zero attached hydrogens (tertiary/aromatic N) is 3. The van der Waals surface area contributed by atoms with Crippen molar-refractivity contribution < 1.29 is 13.2 Å². The summed E-state index contributed by atoms with van der Waals surface area (Å²) in [5, 5.41) is 3.06. The molecule has 0 aromatic carbocycles. The zero-order chi connectivity index (χ0) is 17.2. The van der Waals surface area contributed by atoms with Gasteiger partial charge in [-0.25, -0.2) is 13.4 Å². The molecule has 7 nitrogen and oxygen atoms in total. The highest BCUT2D eigenvalue weighted by Gasteiger charge is 2.33. The average Bonchev–Trinajstić information content (AvgIpc) is 2.87. The van der Waals surface area contributed by atoms with E-state index in [-0.39, 0.29) is 22.9 Å². The summed E-state index contributed by atoms with van der Waals surface area (Å²) >= 11 is 0. The van der Waals surface area contributed by atoms with Crippen LogP contribution in [0, 0.1) is 12.8 Å². The molecular weight excluding hydrogens is 316 g/mol. The van der Waals surface area contributed by atoms with E-state index in [1.807, 2.05) is 13.8 Å². The molecule has 0 saturated carbocycles. The Bertz CT molecular complexity index is 641. The van der Waals surface area contributed by atoms with Gasteiger partial charge in [-0.1, -0.05) is 6.92 Å². The number of aromatic nitrogens is 2. The predicted molar refractivity (Wildman–Crippen MR) is 87.3 cm³/mol. The van der Waals surface area contributed by atoms with Gasteiger partial charge < -0.3 is 9.88 Å². The lowest BCUT2D eigenvalue weighted by molar-refractivity contribution is -0.126. The maximum absolute atomic E-state index is 12.6. The fraction of sp³-hybridized carbons (Fsp3) is 0.733. The molecular formula is C15H26N4O3S. The van der Waals surface area contributed by atoms with Crippen LogP contribution < -0.4 is 5.32 Å². The first-order valence-electron chi connectivity index (χ1n) is 8.06. The van der Waals surface area contributed by atoms with E-state index < -0.39 is 10.0 Å². The van der Waals surface area contributed by atoms with Crippen molar-refractivity contribution >= 4 is 15.9 Å². The average molecular weight is 342 g/mol. The van der Waals surface area contributed by atoms with Crippen LogP contribution in [0.4, 0.5) is 0 Å². The second-order valence-electron chi connectivity index (χ2n) is 6.23. The Balaban J connectivity index is 1.99. The van der Waals surface area contributed by atoms with E-state index in [1.54, 1.807) is 18.5 Å². The summed E-state index contributed by atoms with van der Waals surface area (Å²) in [7, 11) is -1.80. The highest BCUT2D eigenvalue weighted by Crippen LogP contribution is 2.23. The molecule has 2 rings (SSSR count). The van der Waals surface area contributed by atoms with E-state index in [9.17, 15) is 13.2 Å². The minimum absolute atomic E-state index is 0.0325. The van der Waals surface area contributed by atoms with Gasteiger partial charge in [-0.3, -0.25) is 4.79 Å². The standard InChI is InChI=1S/C15H26N4O3S/c1-5-11(2)16-15(20)13-6-8-19(9-7-13)23(21,22)14-10-18(4)12(3)17-14/h10-11,13H,5-9H2,1-4H3,(H,16,20)/t11-/m0/s1. The molecule has 1 N–H and O–H groups in total. The molecule has 1 aliphatic rings. The number of imidazole rings is 1. The zero-order valence-corrected chi connectivity index (χ0v) is 15.1. The van der Waals surface area contributed by atoms with Gasteiger partial charge in [0.05, 0.1) is 0 Å². The second kappa shape index (κ2) is 7.00. The van der Waals surface area contributed by atoms with E-state index in [2.05, 4.69) is 10.3 Å². The lowest BCUT2D eigenvalue weighted by Crippen LogP contribution is -2.44. The Kier molecular flexibility index (Phi) is 5.46. The Morgan fingerprint density at radius 2 is 2.04 bits per heavy atom. The largest absolute Gasteiger partial charge is 0.353 e. The lowest BCUT2D eigenvalue weighted by atomic mass is 9.97. The van der Waals surface area contributed by atoms with Crippen LogP contribution in [-0.2, 0) is 21.9 Å². The van der Waals surface area contributed by atoms with Crippen LogP contribution in [0.1, 0.15) is 38.9 Å². The summed E-state index contributed by atoms with van der Waals surface area (Å²) in [4.78, 5) is 16.3. The minimum Gasteiger partial charge on any atom is -0.353 e. The number of hydrogen-bond acceptors (Lipinski definition) is 4. The van der Waals surface area contributed by atoms with E-state index in [0.717, 1.165) is 6.42 Å². The maximum Gasteiger partial charge on any atom is 0.262 e. The number of sulfonamides is 1. The summed E-state index contributed by atoms with van der Waals surface area (Å²) in [6.45, 7) is 6.48. The van der Waals surface area contributed by atoms with Crippen molar-refractivity contribution in [2.75, 3.05) is 13.1 Å². The molecule has 1 aromatic rings. The Labute approximate surface area is 138 Å². The van der Waals surface area contributed by atoms with Gasteiger partial charge in [0.15, 0.2) is 5.03 Å². The lowest BCUT2D eigenvalue weighted by Gasteiger charge is -2.30. The van der Waals surface area contributed by atoms with Crippen molar-refractivity contribution in [3.63, 3.8) is 0 Å². The molecule has 1 aromatic heterocycles. The van der Waals surface area contributed by atoms with Crippen molar-refractivity contribution in [1.29, 1.82) is 0 Å². The molecule has 1 fully saturated rings. The van der Waals surface area contributed by atoms with Crippen LogP contribution in [-0.4, -0.2) is 47.3 Å². The smallest absolute Gasteiger partial charge is 0.262 e. The van der Waals surface area contributed by atoms with Crippen molar-refractivity contribution in [3.05, 3.63) is 12.0 Å². The van der Waals surface area contributed by atoms with Crippen LogP contribution in [0.5, 0.6) is 0 Å². The zero-order valence-electron chi connectivity index (χ0n) is 14.2. The Morgan fingerprint density at radius 1 is 1.43 bits per heavy atom. The molecule has 1 saturated heterocycles. The molecule has 23 heavy (non-hydrogen) atoms. The molecule has 1 atom stereocenters. The first kappa shape index (κ1) is 17.9. The van der Waals surface area contributed by atoms with E-state index in [1.165, 1.54) is 10.5 Å². The second-order valence-corrected chi connectivity index (χ2v) is 8.12. The van der Waals surface area contributed by atoms with Crippen LogP contribution in [0.3, 0.4) is 0 Å². The summed E-state index contributed by atoms with van der Waals surface area (Å²) < 4.78 is 28.3. The van der Waals surface area contributed by atoms with E-state index in [0.29, 0.717) is 31.8 Å². The molecule has 0 bridgehead atoms. The Morgan fingerprint density at radius 3 is 2.52 bits per heavy atom. The predicted octanol–water partition coefficient (Wildman–Crippen LogP) is 1.04. The van der Waals surface area contributed by atoms with Gasteiger partial charge in [-0.2, -0.15) is 4.31 Å². The topological polar surface area (TPSA) is 84.3 Å². The van der Waals surface area contributed by atoms with Gasteiger partial charge >= 0.3 is 0 Å². The first-order chi connectivity index (χ1) is 10.8. The summed E-state index contributed by atoms with van der Waals surface area (Å²) in [5.41, 5.74) is 0. The third-order valence-electron chi connectivity index (χ3n) is 4.52. The molecule has 1 amide bonds. The van der Waals surface area contributed by atoms with Crippen molar-refractivity contribution in [3.8, 4) is 0 Å². The van der Waals surface area contributed by atoms with Crippen LogP contribution in [0.25, 0.3) is 0 Å². The van der Waals surface area contributed by atoms with Crippen LogP contribution >= 0.6 is 0 Å². The Hall–Kier alpha value is -1.41. The third kappa shape index (κ3) is 3.92. The molecule has 1 aliphatic heterocycles. The van der Waals surface area contributed by atoms with Crippen LogP contribution in [0.2, 0.25) is 0 Å². The highest BCUT2D eigenvalue weighted by molar-refractivity contribution is 7.89. The molecule has 0 spiro atoms. The van der Waals surface area contributed by atoms with E-state index in [4.69, 9.17) is 0 Å². The number of hydrogen-bond donors (Lipinski definition) is 1. The van der Waals surface area contributed by atoms with Gasteiger partial charge in [-0.05, 0) is 33.1 Å². The maximum atomic E-state index is 12.6. The SMILES string of the molecule is CC[C@H](C)NC(=O)C1CCN(S(=O)(=O)c2cn(C)c(C)n2)CC1. The van der Waals surface area contributed by atoms with Crippen LogP contribution in [0.15, 0.2) is 11.2 Å². The summed E-state index contributed by atoms with van der Waals surface area (Å²) in [6, 6.07) is 0.153. The summed E-state index contributed by atoms with van der Waals surface area (Å²) in [6.07, 6.45) is 3.52. The first-order valence-corrected chi connectivity index (χ1v) is 9.50. The molecule has 2 heterocycles. The van der Waals surface area contributed by atoms with Crippen molar-refractivity contribution in [2.45, 2.75) is 51.1 Å². The van der Waals surface area contributed by atoms with E-state index >= 15 is 0 Å². The number of rotatable bonds is 5. The van der Waals surface area contributed by atoms with Gasteiger partial charge in [0.2, 0.25) is 5.91 Å². The number of piperidine rings is 1. The minimum atomic E-state index is -3.57. The fourth-order valence-electron chi connectivity index (χ4n) is 2.60. The number of carbonyl (C=O) groups is 1. The van der Waals surface area contributed by atoms with Gasteiger partial charge in [-0.15, -0.1) is 0 Å². The third-order valence-corrected chi connectivity index (χ3v) is 6.29. The van der Waals surface area contributed by atoms with Crippen molar-refractivity contribution in [2.24, 2.45) is 13.0 Å². The molecule has 0 aliphatic carbocycles. The van der Waals surface area contributed by atoms with Gasteiger partial charge in [0.1, 0.15) is 5.82 Å². The highest BCUT2D eigenvalue weighted by atomic mass is 32.2.